The van der Waals surface area contributed by atoms with E-state index >= 15 is 0 Å². The molecule has 11 heteroatoms. The maximum atomic E-state index is 13.8. The van der Waals surface area contributed by atoms with Crippen LogP contribution in [0.3, 0.4) is 0 Å². The smallest absolute Gasteiger partial charge is 0.341 e. The molecule has 2 rings (SSSR count). The molecule has 2 aromatic rings. The number of hydrogen-bond donors (Lipinski definition) is 1. The van der Waals surface area contributed by atoms with Gasteiger partial charge in [0.1, 0.15) is 6.04 Å². The number of allylic oxidation sites excluding steroid dienone is 1. The van der Waals surface area contributed by atoms with Gasteiger partial charge >= 0.3 is 6.18 Å². The van der Waals surface area contributed by atoms with E-state index in [4.69, 9.17) is 34.8 Å². The van der Waals surface area contributed by atoms with Crippen LogP contribution in [0.5, 0.6) is 0 Å². The highest BCUT2D eigenvalue weighted by Gasteiger charge is 2.39. The number of likely N-dealkylation sites (N-methyl/N-ethyl adjacent to an activating group) is 1. The fraction of sp³-hybridized carbons (Fsp3) is 0.385. The summed E-state index contributed by atoms with van der Waals surface area (Å²) in [7, 11) is 3.61. The van der Waals surface area contributed by atoms with Gasteiger partial charge in [-0.25, -0.2) is 0 Å². The lowest BCUT2D eigenvalue weighted by atomic mass is 9.96. The summed E-state index contributed by atoms with van der Waals surface area (Å²) in [5, 5.41) is 2.61. The summed E-state index contributed by atoms with van der Waals surface area (Å²) in [6, 6.07) is 6.09. The van der Waals surface area contributed by atoms with Gasteiger partial charge in [-0.05, 0) is 71.8 Å². The number of rotatable bonds is 10. The third-order valence-corrected chi connectivity index (χ3v) is 7.58. The standard InChI is InChI=1S/C26H27BrCl3F3N2O2/c1-5-14(2)24(36)22(13-35(3)4)34-25(37)17-8-6-15(10-19(17)27)7-9-18(26(31,32)33)16-11-20(28)23(30)21(29)12-16/h6-12,14,18,22H,5,13H2,1-4H3,(H,34,37). The first-order chi connectivity index (χ1) is 17.1. The lowest BCUT2D eigenvalue weighted by molar-refractivity contribution is -0.139. The zero-order valence-electron chi connectivity index (χ0n) is 20.6. The van der Waals surface area contributed by atoms with Crippen LogP contribution in [0.4, 0.5) is 13.2 Å². The van der Waals surface area contributed by atoms with Crippen molar-refractivity contribution in [3.63, 3.8) is 0 Å². The summed E-state index contributed by atoms with van der Waals surface area (Å²) in [6.07, 6.45) is -1.69. The summed E-state index contributed by atoms with van der Waals surface area (Å²) in [5.74, 6) is -2.74. The molecule has 0 saturated carbocycles. The van der Waals surface area contributed by atoms with Gasteiger partial charge in [0.25, 0.3) is 5.91 Å². The molecule has 0 heterocycles. The van der Waals surface area contributed by atoms with Gasteiger partial charge in [0.15, 0.2) is 5.78 Å². The molecule has 0 aliphatic heterocycles. The van der Waals surface area contributed by atoms with Crippen molar-refractivity contribution in [2.24, 2.45) is 5.92 Å². The molecule has 0 radical (unpaired) electrons. The number of alkyl halides is 3. The van der Waals surface area contributed by atoms with Crippen molar-refractivity contribution in [2.75, 3.05) is 20.6 Å². The largest absolute Gasteiger partial charge is 0.399 e. The minimum atomic E-state index is -4.61. The molecule has 0 aliphatic carbocycles. The Labute approximate surface area is 238 Å². The molecule has 37 heavy (non-hydrogen) atoms. The maximum Gasteiger partial charge on any atom is 0.399 e. The van der Waals surface area contributed by atoms with E-state index in [1.165, 1.54) is 24.3 Å². The maximum absolute atomic E-state index is 13.8. The van der Waals surface area contributed by atoms with Gasteiger partial charge in [0.2, 0.25) is 0 Å². The van der Waals surface area contributed by atoms with Gasteiger partial charge < -0.3 is 10.2 Å². The van der Waals surface area contributed by atoms with Crippen LogP contribution >= 0.6 is 50.7 Å². The molecule has 0 fully saturated rings. The predicted molar refractivity (Wildman–Crippen MR) is 148 cm³/mol. The number of nitrogens with zero attached hydrogens (tertiary/aromatic N) is 1. The van der Waals surface area contributed by atoms with Gasteiger partial charge in [-0.15, -0.1) is 0 Å². The number of hydrogen-bond acceptors (Lipinski definition) is 3. The predicted octanol–water partition coefficient (Wildman–Crippen LogP) is 8.04. The lowest BCUT2D eigenvalue weighted by Crippen LogP contribution is -2.48. The van der Waals surface area contributed by atoms with E-state index in [0.717, 1.165) is 18.2 Å². The second kappa shape index (κ2) is 13.5. The molecule has 202 valence electrons. The molecule has 2 aromatic carbocycles. The molecule has 3 unspecified atom stereocenters. The van der Waals surface area contributed by atoms with Crippen LogP contribution in [-0.4, -0.2) is 49.4 Å². The number of halogens is 7. The van der Waals surface area contributed by atoms with Crippen molar-refractivity contribution < 1.29 is 22.8 Å². The molecule has 1 N–H and O–H groups in total. The van der Waals surface area contributed by atoms with Gasteiger partial charge in [0.05, 0.1) is 26.5 Å². The van der Waals surface area contributed by atoms with E-state index in [2.05, 4.69) is 21.2 Å². The fourth-order valence-electron chi connectivity index (χ4n) is 3.54. The summed E-state index contributed by atoms with van der Waals surface area (Å²) in [5.41, 5.74) is 0.516. The first-order valence-corrected chi connectivity index (χ1v) is 13.3. The normalized spacial score (nSPS) is 14.6. The fourth-order valence-corrected chi connectivity index (χ4v) is 4.73. The van der Waals surface area contributed by atoms with E-state index in [1.54, 1.807) is 14.1 Å². The van der Waals surface area contributed by atoms with E-state index in [9.17, 15) is 22.8 Å². The molecule has 1 amide bonds. The van der Waals surface area contributed by atoms with Crippen LogP contribution in [0, 0.1) is 5.92 Å². The lowest BCUT2D eigenvalue weighted by Gasteiger charge is -2.24. The minimum Gasteiger partial charge on any atom is -0.341 e. The Kier molecular flexibility index (Phi) is 11.5. The first kappa shape index (κ1) is 31.6. The SMILES string of the molecule is CCC(C)C(=O)C(CN(C)C)NC(=O)c1ccc(C=CC(c2cc(Cl)c(Cl)c(Cl)c2)C(F)(F)F)cc1Br. The van der Waals surface area contributed by atoms with Crippen LogP contribution in [0.1, 0.15) is 47.7 Å². The van der Waals surface area contributed by atoms with Gasteiger partial charge in [0, 0.05) is 16.9 Å². The summed E-state index contributed by atoms with van der Waals surface area (Å²) in [6.45, 7) is 4.05. The van der Waals surface area contributed by atoms with Crippen LogP contribution in [0.25, 0.3) is 6.08 Å². The Morgan fingerprint density at radius 3 is 2.19 bits per heavy atom. The third kappa shape index (κ3) is 8.72. The summed E-state index contributed by atoms with van der Waals surface area (Å²) in [4.78, 5) is 27.5. The van der Waals surface area contributed by atoms with Gasteiger partial charge in [-0.1, -0.05) is 66.9 Å². The van der Waals surface area contributed by atoms with Crippen LogP contribution < -0.4 is 5.32 Å². The van der Waals surface area contributed by atoms with Crippen molar-refractivity contribution in [1.82, 2.24) is 10.2 Å². The number of carbonyl (C=O) groups is 2. The van der Waals surface area contributed by atoms with E-state index in [0.29, 0.717) is 23.0 Å². The molecule has 4 nitrogen and oxygen atoms in total. The minimum absolute atomic E-state index is 0.0199. The highest BCUT2D eigenvalue weighted by Crippen LogP contribution is 2.41. The van der Waals surface area contributed by atoms with Crippen molar-refractivity contribution in [1.29, 1.82) is 0 Å². The number of nitrogens with one attached hydrogen (secondary N) is 1. The average Bonchev–Trinajstić information content (AvgIpc) is 2.79. The molecule has 3 atom stereocenters. The Morgan fingerprint density at radius 1 is 1.11 bits per heavy atom. The highest BCUT2D eigenvalue weighted by atomic mass is 79.9. The first-order valence-electron chi connectivity index (χ1n) is 11.3. The summed E-state index contributed by atoms with van der Waals surface area (Å²) >= 11 is 21.1. The number of benzene rings is 2. The van der Waals surface area contributed by atoms with E-state index in [-0.39, 0.29) is 37.9 Å². The van der Waals surface area contributed by atoms with Gasteiger partial charge in [-0.2, -0.15) is 13.2 Å². The molecule has 0 aliphatic rings. The molecular weight excluding hydrogens is 616 g/mol. The third-order valence-electron chi connectivity index (χ3n) is 5.73. The molecule has 0 aromatic heterocycles. The number of ketones is 1. The Morgan fingerprint density at radius 2 is 1.70 bits per heavy atom. The van der Waals surface area contributed by atoms with Gasteiger partial charge in [-0.3, -0.25) is 9.59 Å². The quantitative estimate of drug-likeness (QED) is 0.267. The number of carbonyl (C=O) groups excluding carboxylic acids is 2. The van der Waals surface area contributed by atoms with E-state index < -0.39 is 24.0 Å². The number of amides is 1. The zero-order valence-corrected chi connectivity index (χ0v) is 24.5. The van der Waals surface area contributed by atoms with Crippen LogP contribution in [0.15, 0.2) is 40.9 Å². The summed E-state index contributed by atoms with van der Waals surface area (Å²) < 4.78 is 41.8. The Balaban J connectivity index is 2.30. The van der Waals surface area contributed by atoms with Crippen LogP contribution in [-0.2, 0) is 4.79 Å². The second-order valence-corrected chi connectivity index (χ2v) is 11.0. The Hall–Kier alpha value is -1.58. The number of Topliss-reactive ketones (excluding diaryl/α,β-unsaturated/α-hetero) is 1. The van der Waals surface area contributed by atoms with Crippen LogP contribution in [0.2, 0.25) is 15.1 Å². The molecule has 0 saturated heterocycles. The van der Waals surface area contributed by atoms with Crippen molar-refractivity contribution in [3.05, 3.63) is 72.6 Å². The van der Waals surface area contributed by atoms with Crippen molar-refractivity contribution in [2.45, 2.75) is 38.4 Å². The highest BCUT2D eigenvalue weighted by molar-refractivity contribution is 9.10. The second-order valence-electron chi connectivity index (χ2n) is 8.92. The molecule has 0 spiro atoms. The van der Waals surface area contributed by atoms with E-state index in [1.807, 2.05) is 18.7 Å². The Bertz CT molecular complexity index is 1150. The zero-order chi connectivity index (χ0) is 28.1. The topological polar surface area (TPSA) is 49.4 Å². The average molecular weight is 643 g/mol. The van der Waals surface area contributed by atoms with Crippen molar-refractivity contribution >= 4 is 68.5 Å². The molecular formula is C26H27BrCl3F3N2O2. The van der Waals surface area contributed by atoms with Crippen molar-refractivity contribution in [3.8, 4) is 0 Å². The molecule has 0 bridgehead atoms. The monoisotopic (exact) mass is 640 g/mol.